The summed E-state index contributed by atoms with van der Waals surface area (Å²) in [5.41, 5.74) is 0.694. The third-order valence-electron chi connectivity index (χ3n) is 4.08. The van der Waals surface area contributed by atoms with Crippen LogP contribution in [0.5, 0.6) is 5.75 Å². The lowest BCUT2D eigenvalue weighted by molar-refractivity contribution is -0.148. The summed E-state index contributed by atoms with van der Waals surface area (Å²) in [6, 6.07) is 4.27. The molecular formula is C16H23FN2O4S. The highest BCUT2D eigenvalue weighted by atomic mass is 32.2. The van der Waals surface area contributed by atoms with Crippen LogP contribution in [-0.2, 0) is 21.1 Å². The van der Waals surface area contributed by atoms with E-state index < -0.39 is 15.7 Å². The maximum atomic E-state index is 13.7. The Morgan fingerprint density at radius 2 is 2.08 bits per heavy atom. The van der Waals surface area contributed by atoms with Gasteiger partial charge in [-0.15, -0.1) is 0 Å². The molecule has 1 heterocycles. The van der Waals surface area contributed by atoms with Gasteiger partial charge in [-0.05, 0) is 30.5 Å². The number of hydrogen-bond donors (Lipinski definition) is 0. The summed E-state index contributed by atoms with van der Waals surface area (Å²) in [5.74, 6) is -0.365. The lowest BCUT2D eigenvalue weighted by atomic mass is 10.1. The maximum absolute atomic E-state index is 13.7. The first-order chi connectivity index (χ1) is 11.2. The molecule has 1 atom stereocenters. The lowest BCUT2D eigenvalue weighted by Gasteiger charge is -2.33. The van der Waals surface area contributed by atoms with E-state index in [1.165, 1.54) is 24.3 Å². The predicted octanol–water partition coefficient (Wildman–Crippen LogP) is 1.26. The Morgan fingerprint density at radius 1 is 1.38 bits per heavy atom. The first-order valence-electron chi connectivity index (χ1n) is 7.75. The van der Waals surface area contributed by atoms with E-state index in [4.69, 9.17) is 4.74 Å². The standard InChI is InChI=1S/C16H23FN2O4S/c1-18(2)19(13-8-9-24(21,22)11-13)16(20)7-5-12-4-6-15(23-3)14(17)10-12/h4,6,10,13H,5,7-9,11H2,1-3H3. The van der Waals surface area contributed by atoms with Crippen LogP contribution in [0.3, 0.4) is 0 Å². The van der Waals surface area contributed by atoms with Crippen LogP contribution >= 0.6 is 0 Å². The number of carbonyl (C=O) groups excluding carboxylic acids is 1. The molecule has 0 saturated carbocycles. The predicted molar refractivity (Wildman–Crippen MR) is 88.9 cm³/mol. The van der Waals surface area contributed by atoms with Gasteiger partial charge in [-0.1, -0.05) is 6.07 Å². The van der Waals surface area contributed by atoms with E-state index in [0.717, 1.165) is 0 Å². The minimum atomic E-state index is -3.07. The Hall–Kier alpha value is -1.67. The summed E-state index contributed by atoms with van der Waals surface area (Å²) in [7, 11) is 1.76. The summed E-state index contributed by atoms with van der Waals surface area (Å²) in [6.45, 7) is 0. The van der Waals surface area contributed by atoms with Crippen molar-refractivity contribution in [1.82, 2.24) is 10.0 Å². The number of aryl methyl sites for hydroxylation is 1. The van der Waals surface area contributed by atoms with Crippen LogP contribution in [0.15, 0.2) is 18.2 Å². The fourth-order valence-corrected chi connectivity index (χ4v) is 4.64. The quantitative estimate of drug-likeness (QED) is 0.716. The van der Waals surface area contributed by atoms with Gasteiger partial charge in [0.25, 0.3) is 0 Å². The average molecular weight is 358 g/mol. The highest BCUT2D eigenvalue weighted by Crippen LogP contribution is 2.21. The van der Waals surface area contributed by atoms with Crippen molar-refractivity contribution in [2.75, 3.05) is 32.7 Å². The number of sulfone groups is 1. The van der Waals surface area contributed by atoms with Crippen LogP contribution in [0.4, 0.5) is 4.39 Å². The van der Waals surface area contributed by atoms with E-state index in [-0.39, 0.29) is 35.6 Å². The summed E-state index contributed by atoms with van der Waals surface area (Å²) >= 11 is 0. The molecule has 6 nitrogen and oxygen atoms in total. The van der Waals surface area contributed by atoms with E-state index in [2.05, 4.69) is 0 Å². The van der Waals surface area contributed by atoms with Gasteiger partial charge in [0.1, 0.15) is 0 Å². The Balaban J connectivity index is 2.02. The van der Waals surface area contributed by atoms with Gasteiger partial charge in [-0.25, -0.2) is 17.8 Å². The number of rotatable bonds is 6. The van der Waals surface area contributed by atoms with E-state index in [9.17, 15) is 17.6 Å². The number of amides is 1. The summed E-state index contributed by atoms with van der Waals surface area (Å²) in [6.07, 6.45) is 1.01. The number of ether oxygens (including phenoxy) is 1. The van der Waals surface area contributed by atoms with Gasteiger partial charge >= 0.3 is 0 Å². The molecule has 1 aromatic rings. The second kappa shape index (κ2) is 7.48. The van der Waals surface area contributed by atoms with Gasteiger partial charge in [0.05, 0.1) is 24.7 Å². The Labute approximate surface area is 142 Å². The minimum absolute atomic E-state index is 0.00587. The smallest absolute Gasteiger partial charge is 0.237 e. The molecule has 0 radical (unpaired) electrons. The number of carbonyl (C=O) groups is 1. The van der Waals surface area contributed by atoms with Crippen molar-refractivity contribution < 1.29 is 22.3 Å². The van der Waals surface area contributed by atoms with Gasteiger partial charge in [0.15, 0.2) is 21.4 Å². The number of nitrogens with zero attached hydrogens (tertiary/aromatic N) is 2. The Kier molecular flexibility index (Phi) is 5.82. The molecule has 0 aliphatic carbocycles. The van der Waals surface area contributed by atoms with Crippen molar-refractivity contribution in [3.63, 3.8) is 0 Å². The highest BCUT2D eigenvalue weighted by molar-refractivity contribution is 7.91. The van der Waals surface area contributed by atoms with Gasteiger partial charge in [-0.2, -0.15) is 0 Å². The van der Waals surface area contributed by atoms with Gasteiger partial charge < -0.3 is 4.74 Å². The average Bonchev–Trinajstić information content (AvgIpc) is 2.84. The first-order valence-corrected chi connectivity index (χ1v) is 9.58. The molecule has 1 fully saturated rings. The van der Waals surface area contributed by atoms with Crippen molar-refractivity contribution in [3.8, 4) is 5.75 Å². The minimum Gasteiger partial charge on any atom is -0.494 e. The van der Waals surface area contributed by atoms with E-state index in [1.807, 2.05) is 0 Å². The summed E-state index contributed by atoms with van der Waals surface area (Å²) < 4.78 is 41.9. The van der Waals surface area contributed by atoms with Crippen molar-refractivity contribution in [2.45, 2.75) is 25.3 Å². The zero-order valence-corrected chi connectivity index (χ0v) is 15.0. The second-order valence-electron chi connectivity index (χ2n) is 6.11. The normalized spacial score (nSPS) is 19.5. The number of benzene rings is 1. The zero-order valence-electron chi connectivity index (χ0n) is 14.2. The molecule has 24 heavy (non-hydrogen) atoms. The molecular weight excluding hydrogens is 335 g/mol. The molecule has 0 aromatic heterocycles. The van der Waals surface area contributed by atoms with Crippen molar-refractivity contribution in [3.05, 3.63) is 29.6 Å². The maximum Gasteiger partial charge on any atom is 0.237 e. The van der Waals surface area contributed by atoms with Crippen molar-refractivity contribution in [1.29, 1.82) is 0 Å². The lowest BCUT2D eigenvalue weighted by Crippen LogP contribution is -2.49. The van der Waals surface area contributed by atoms with Gasteiger partial charge in [0.2, 0.25) is 5.91 Å². The Bertz CT molecular complexity index is 706. The van der Waals surface area contributed by atoms with Crippen LogP contribution in [0.2, 0.25) is 0 Å². The molecule has 134 valence electrons. The zero-order chi connectivity index (χ0) is 17.9. The van der Waals surface area contributed by atoms with Crippen LogP contribution < -0.4 is 4.74 Å². The van der Waals surface area contributed by atoms with Gasteiger partial charge in [-0.3, -0.25) is 9.80 Å². The molecule has 0 spiro atoms. The third-order valence-corrected chi connectivity index (χ3v) is 5.83. The molecule has 1 saturated heterocycles. The molecule has 1 aliphatic heterocycles. The van der Waals surface area contributed by atoms with E-state index >= 15 is 0 Å². The van der Waals surface area contributed by atoms with Crippen LogP contribution in [0.1, 0.15) is 18.4 Å². The van der Waals surface area contributed by atoms with Crippen molar-refractivity contribution >= 4 is 15.7 Å². The molecule has 8 heteroatoms. The largest absolute Gasteiger partial charge is 0.494 e. The third kappa shape index (κ3) is 4.45. The number of methoxy groups -OCH3 is 1. The number of hydrogen-bond acceptors (Lipinski definition) is 5. The topological polar surface area (TPSA) is 66.9 Å². The van der Waals surface area contributed by atoms with Crippen molar-refractivity contribution in [2.24, 2.45) is 0 Å². The molecule has 0 N–H and O–H groups in total. The molecule has 1 unspecified atom stereocenters. The molecule has 1 aromatic carbocycles. The SMILES string of the molecule is COc1ccc(CCC(=O)N(C2CCS(=O)(=O)C2)N(C)C)cc1F. The molecule has 1 aliphatic rings. The Morgan fingerprint density at radius 3 is 2.58 bits per heavy atom. The van der Waals surface area contributed by atoms with Crippen LogP contribution in [-0.4, -0.2) is 63.1 Å². The summed E-state index contributed by atoms with van der Waals surface area (Å²) in [5, 5.41) is 3.13. The van der Waals surface area contributed by atoms with E-state index in [0.29, 0.717) is 18.4 Å². The van der Waals surface area contributed by atoms with Crippen LogP contribution in [0.25, 0.3) is 0 Å². The molecule has 1 amide bonds. The fraction of sp³-hybridized carbons (Fsp3) is 0.562. The summed E-state index contributed by atoms with van der Waals surface area (Å²) in [4.78, 5) is 12.5. The fourth-order valence-electron chi connectivity index (χ4n) is 2.95. The second-order valence-corrected chi connectivity index (χ2v) is 8.34. The number of hydrazine groups is 1. The molecule has 0 bridgehead atoms. The highest BCUT2D eigenvalue weighted by Gasteiger charge is 2.35. The van der Waals surface area contributed by atoms with Crippen LogP contribution in [0, 0.1) is 5.82 Å². The first kappa shape index (κ1) is 18.7. The number of halogens is 1. The van der Waals surface area contributed by atoms with Gasteiger partial charge in [0, 0.05) is 20.5 Å². The van der Waals surface area contributed by atoms with E-state index in [1.54, 1.807) is 25.2 Å². The molecule has 2 rings (SSSR count). The monoisotopic (exact) mass is 358 g/mol.